The van der Waals surface area contributed by atoms with Crippen molar-refractivity contribution in [2.45, 2.75) is 25.8 Å². The van der Waals surface area contributed by atoms with E-state index >= 15 is 0 Å². The second kappa shape index (κ2) is 10.2. The van der Waals surface area contributed by atoms with Crippen LogP contribution < -0.4 is 10.6 Å². The Labute approximate surface area is 175 Å². The number of nitrogens with one attached hydrogen (secondary N) is 2. The molecule has 0 fully saturated rings. The first-order valence-electron chi connectivity index (χ1n) is 8.25. The third kappa shape index (κ3) is 6.47. The van der Waals surface area contributed by atoms with Gasteiger partial charge in [0.2, 0.25) is 0 Å². The maximum atomic E-state index is 13.8. The summed E-state index contributed by atoms with van der Waals surface area (Å²) in [6.45, 7) is 4.70. The Morgan fingerprint density at radius 3 is 2.52 bits per heavy atom. The second-order valence-electron chi connectivity index (χ2n) is 6.59. The molecule has 7 heteroatoms. The third-order valence-corrected chi connectivity index (χ3v) is 4.15. The average Bonchev–Trinajstić information content (AvgIpc) is 2.63. The van der Waals surface area contributed by atoms with Crippen molar-refractivity contribution in [3.63, 3.8) is 0 Å². The van der Waals surface area contributed by atoms with Gasteiger partial charge in [-0.15, -0.1) is 24.0 Å². The molecule has 2 rings (SSSR count). The number of hydrogen-bond donors (Lipinski definition) is 2. The molecular weight excluding hydrogens is 461 g/mol. The van der Waals surface area contributed by atoms with Gasteiger partial charge < -0.3 is 10.6 Å². The molecule has 0 aliphatic carbocycles. The van der Waals surface area contributed by atoms with E-state index < -0.39 is 0 Å². The van der Waals surface area contributed by atoms with Crippen molar-refractivity contribution in [1.82, 2.24) is 10.6 Å². The van der Waals surface area contributed by atoms with E-state index in [-0.39, 0.29) is 47.6 Å². The van der Waals surface area contributed by atoms with E-state index in [4.69, 9.17) is 5.26 Å². The smallest absolute Gasteiger partial charge is 0.191 e. The third-order valence-electron chi connectivity index (χ3n) is 4.15. The van der Waals surface area contributed by atoms with E-state index in [0.717, 1.165) is 5.56 Å². The second-order valence-corrected chi connectivity index (χ2v) is 6.59. The van der Waals surface area contributed by atoms with Gasteiger partial charge in [-0.3, -0.25) is 4.99 Å². The Hall–Kier alpha value is -2.21. The SMILES string of the molecule is CN=C(NCc1cc(C#N)ccc1F)NCC(C)(C)c1cccc(F)c1.I. The van der Waals surface area contributed by atoms with E-state index in [1.807, 2.05) is 26.0 Å². The van der Waals surface area contributed by atoms with Crippen LogP contribution in [0.4, 0.5) is 8.78 Å². The summed E-state index contributed by atoms with van der Waals surface area (Å²) < 4.78 is 27.3. The molecule has 0 saturated carbocycles. The fraction of sp³-hybridized carbons (Fsp3) is 0.300. The van der Waals surface area contributed by atoms with Crippen LogP contribution >= 0.6 is 24.0 Å². The Morgan fingerprint density at radius 2 is 1.89 bits per heavy atom. The van der Waals surface area contributed by atoms with E-state index in [1.54, 1.807) is 13.1 Å². The lowest BCUT2D eigenvalue weighted by Gasteiger charge is -2.27. The van der Waals surface area contributed by atoms with Gasteiger partial charge in [-0.05, 0) is 35.9 Å². The molecule has 0 heterocycles. The first-order chi connectivity index (χ1) is 12.4. The standard InChI is InChI=1S/C20H22F2N4.HI/c1-20(2,16-5-4-6-17(21)10-16)13-26-19(24-3)25-12-15-9-14(11-23)7-8-18(15)22;/h4-10H,12-13H2,1-3H3,(H2,24,25,26);1H. The first kappa shape index (κ1) is 22.8. The van der Waals surface area contributed by atoms with Crippen molar-refractivity contribution < 1.29 is 8.78 Å². The van der Waals surface area contributed by atoms with Crippen molar-refractivity contribution in [2.24, 2.45) is 4.99 Å². The van der Waals surface area contributed by atoms with Gasteiger partial charge in [-0.2, -0.15) is 5.26 Å². The van der Waals surface area contributed by atoms with E-state index in [0.29, 0.717) is 23.6 Å². The molecule has 0 aromatic heterocycles. The van der Waals surface area contributed by atoms with Crippen LogP contribution in [0.5, 0.6) is 0 Å². The van der Waals surface area contributed by atoms with Crippen molar-refractivity contribution in [3.05, 3.63) is 70.8 Å². The molecule has 4 nitrogen and oxygen atoms in total. The highest BCUT2D eigenvalue weighted by Gasteiger charge is 2.21. The highest BCUT2D eigenvalue weighted by Crippen LogP contribution is 2.22. The predicted molar refractivity (Wildman–Crippen MR) is 114 cm³/mol. The zero-order valence-electron chi connectivity index (χ0n) is 15.5. The molecule has 0 aliphatic rings. The Morgan fingerprint density at radius 1 is 1.15 bits per heavy atom. The number of halogens is 3. The highest BCUT2D eigenvalue weighted by molar-refractivity contribution is 14.0. The van der Waals surface area contributed by atoms with Crippen molar-refractivity contribution in [1.29, 1.82) is 5.26 Å². The zero-order valence-corrected chi connectivity index (χ0v) is 17.8. The molecule has 0 saturated heterocycles. The monoisotopic (exact) mass is 484 g/mol. The molecule has 0 spiro atoms. The van der Waals surface area contributed by atoms with E-state index in [2.05, 4.69) is 15.6 Å². The van der Waals surface area contributed by atoms with E-state index in [1.165, 1.54) is 30.3 Å². The number of rotatable bonds is 5. The molecule has 0 radical (unpaired) electrons. The summed E-state index contributed by atoms with van der Waals surface area (Å²) in [6.07, 6.45) is 0. The van der Waals surface area contributed by atoms with Gasteiger partial charge in [-0.25, -0.2) is 8.78 Å². The summed E-state index contributed by atoms with van der Waals surface area (Å²) in [6, 6.07) is 12.7. The van der Waals surface area contributed by atoms with Crippen molar-refractivity contribution >= 4 is 29.9 Å². The maximum absolute atomic E-state index is 13.8. The van der Waals surface area contributed by atoms with E-state index in [9.17, 15) is 8.78 Å². The number of nitriles is 1. The molecule has 0 bridgehead atoms. The van der Waals surface area contributed by atoms with Gasteiger partial charge in [0.15, 0.2) is 5.96 Å². The molecule has 144 valence electrons. The minimum atomic E-state index is -0.382. The number of guanidine groups is 1. The van der Waals surface area contributed by atoms with Crippen LogP contribution in [0.2, 0.25) is 0 Å². The number of hydrogen-bond acceptors (Lipinski definition) is 2. The normalized spacial score (nSPS) is 11.3. The summed E-state index contributed by atoms with van der Waals surface area (Å²) in [7, 11) is 1.62. The lowest BCUT2D eigenvalue weighted by atomic mass is 9.84. The predicted octanol–water partition coefficient (Wildman–Crippen LogP) is 4.10. The Balaban J connectivity index is 0.00000364. The number of nitrogens with zero attached hydrogens (tertiary/aromatic N) is 2. The van der Waals surface area contributed by atoms with Crippen molar-refractivity contribution in [3.8, 4) is 6.07 Å². The Kier molecular flexibility index (Phi) is 8.63. The molecule has 0 atom stereocenters. The van der Waals surface area contributed by atoms with Gasteiger partial charge in [-0.1, -0.05) is 26.0 Å². The van der Waals surface area contributed by atoms with Gasteiger partial charge in [0, 0.05) is 31.1 Å². The molecule has 0 unspecified atom stereocenters. The van der Waals surface area contributed by atoms with Crippen LogP contribution in [-0.2, 0) is 12.0 Å². The summed E-state index contributed by atoms with van der Waals surface area (Å²) in [5, 5.41) is 15.1. The molecular formula is C20H23F2IN4. The van der Waals surface area contributed by atoms with Gasteiger partial charge in [0.25, 0.3) is 0 Å². The van der Waals surface area contributed by atoms with Gasteiger partial charge in [0.1, 0.15) is 11.6 Å². The zero-order chi connectivity index (χ0) is 19.2. The molecule has 2 aromatic rings. The van der Waals surface area contributed by atoms with Gasteiger partial charge in [0.05, 0.1) is 11.6 Å². The Bertz CT molecular complexity index is 844. The lowest BCUT2D eigenvalue weighted by Crippen LogP contribution is -2.43. The summed E-state index contributed by atoms with van der Waals surface area (Å²) in [5.41, 5.74) is 1.33. The lowest BCUT2D eigenvalue weighted by molar-refractivity contribution is 0.502. The molecule has 2 N–H and O–H groups in total. The molecule has 2 aromatic carbocycles. The number of aliphatic imine (C=N–C) groups is 1. The summed E-state index contributed by atoms with van der Waals surface area (Å²) in [4.78, 5) is 4.12. The molecule has 0 aliphatic heterocycles. The van der Waals surface area contributed by atoms with Crippen LogP contribution in [0, 0.1) is 23.0 Å². The fourth-order valence-corrected chi connectivity index (χ4v) is 2.50. The van der Waals surface area contributed by atoms with Crippen LogP contribution in [0.1, 0.15) is 30.5 Å². The summed E-state index contributed by atoms with van der Waals surface area (Å²) >= 11 is 0. The quantitative estimate of drug-likeness (QED) is 0.382. The maximum Gasteiger partial charge on any atom is 0.191 e. The van der Waals surface area contributed by atoms with Crippen LogP contribution in [0.25, 0.3) is 0 Å². The largest absolute Gasteiger partial charge is 0.356 e. The topological polar surface area (TPSA) is 60.2 Å². The number of benzene rings is 2. The highest BCUT2D eigenvalue weighted by atomic mass is 127. The minimum Gasteiger partial charge on any atom is -0.356 e. The molecule has 27 heavy (non-hydrogen) atoms. The molecule has 0 amide bonds. The summed E-state index contributed by atoms with van der Waals surface area (Å²) in [5.74, 6) is -0.158. The van der Waals surface area contributed by atoms with Crippen LogP contribution in [0.15, 0.2) is 47.5 Å². The average molecular weight is 484 g/mol. The van der Waals surface area contributed by atoms with Crippen molar-refractivity contribution in [2.75, 3.05) is 13.6 Å². The minimum absolute atomic E-state index is 0. The fourth-order valence-electron chi connectivity index (χ4n) is 2.50. The van der Waals surface area contributed by atoms with Crippen LogP contribution in [0.3, 0.4) is 0 Å². The van der Waals surface area contributed by atoms with Gasteiger partial charge >= 0.3 is 0 Å². The first-order valence-corrected chi connectivity index (χ1v) is 8.25. The van der Waals surface area contributed by atoms with Crippen LogP contribution in [-0.4, -0.2) is 19.6 Å².